The predicted octanol–water partition coefficient (Wildman–Crippen LogP) is 3.34. The molecule has 2 bridgehead atoms. The molecule has 0 saturated heterocycles. The van der Waals surface area contributed by atoms with Crippen LogP contribution in [0.4, 0.5) is 0 Å². The van der Waals surface area contributed by atoms with Crippen molar-refractivity contribution in [2.24, 2.45) is 17.3 Å². The van der Waals surface area contributed by atoms with Gasteiger partial charge in [0.15, 0.2) is 0 Å². The number of nitrogens with zero attached hydrogens (tertiary/aromatic N) is 1. The van der Waals surface area contributed by atoms with E-state index in [2.05, 4.69) is 39.8 Å². The highest BCUT2D eigenvalue weighted by atomic mass is 79.9. The van der Waals surface area contributed by atoms with Gasteiger partial charge in [0.25, 0.3) is 0 Å². The average molecular weight is 262 g/mol. The van der Waals surface area contributed by atoms with Gasteiger partial charge in [-0.25, -0.2) is 0 Å². The molecule has 0 spiro atoms. The molecule has 2 fully saturated rings. The lowest BCUT2D eigenvalue weighted by atomic mass is 9.63. The first-order valence-electron chi connectivity index (χ1n) is 5.58. The van der Waals surface area contributed by atoms with Crippen LogP contribution in [0.25, 0.3) is 0 Å². The van der Waals surface area contributed by atoms with Crippen molar-refractivity contribution in [2.45, 2.75) is 45.6 Å². The van der Waals surface area contributed by atoms with Gasteiger partial charge in [0.2, 0.25) is 0 Å². The SMILES string of the molecule is Br.CN(C)C1(C)C2CCC(C2)C1(C)C. The van der Waals surface area contributed by atoms with Gasteiger partial charge in [0, 0.05) is 5.54 Å². The molecule has 1 nitrogen and oxygen atoms in total. The standard InChI is InChI=1S/C12H23N.BrH/c1-11(2)9-6-7-10(8-9)12(11,3)13(4)5;/h9-10H,6-8H2,1-5H3;1H. The number of hydrogen-bond acceptors (Lipinski definition) is 1. The van der Waals surface area contributed by atoms with Gasteiger partial charge in [0.05, 0.1) is 0 Å². The molecule has 2 heteroatoms. The fourth-order valence-corrected chi connectivity index (χ4v) is 4.03. The van der Waals surface area contributed by atoms with Crippen molar-refractivity contribution in [3.8, 4) is 0 Å². The van der Waals surface area contributed by atoms with Gasteiger partial charge >= 0.3 is 0 Å². The van der Waals surface area contributed by atoms with Crippen molar-refractivity contribution in [2.75, 3.05) is 14.1 Å². The smallest absolute Gasteiger partial charge is 0.0257 e. The molecule has 2 saturated carbocycles. The van der Waals surface area contributed by atoms with Crippen LogP contribution >= 0.6 is 17.0 Å². The van der Waals surface area contributed by atoms with Crippen LogP contribution in [0.3, 0.4) is 0 Å². The summed E-state index contributed by atoms with van der Waals surface area (Å²) >= 11 is 0. The van der Waals surface area contributed by atoms with E-state index in [0.29, 0.717) is 11.0 Å². The van der Waals surface area contributed by atoms with Crippen molar-refractivity contribution < 1.29 is 0 Å². The van der Waals surface area contributed by atoms with Crippen LogP contribution in [0.2, 0.25) is 0 Å². The van der Waals surface area contributed by atoms with E-state index in [1.165, 1.54) is 19.3 Å². The summed E-state index contributed by atoms with van der Waals surface area (Å²) in [4.78, 5) is 2.47. The van der Waals surface area contributed by atoms with Crippen molar-refractivity contribution in [3.63, 3.8) is 0 Å². The van der Waals surface area contributed by atoms with E-state index in [-0.39, 0.29) is 17.0 Å². The molecule has 2 rings (SSSR count). The predicted molar refractivity (Wildman–Crippen MR) is 67.0 cm³/mol. The zero-order chi connectivity index (χ0) is 9.85. The highest BCUT2D eigenvalue weighted by Crippen LogP contribution is 2.62. The third-order valence-electron chi connectivity index (χ3n) is 5.48. The molecule has 0 aromatic rings. The van der Waals surface area contributed by atoms with E-state index in [1.54, 1.807) is 0 Å². The molecule has 3 atom stereocenters. The van der Waals surface area contributed by atoms with Gasteiger partial charge in [-0.05, 0) is 57.5 Å². The van der Waals surface area contributed by atoms with Gasteiger partial charge < -0.3 is 4.90 Å². The number of halogens is 1. The largest absolute Gasteiger partial charge is 0.303 e. The van der Waals surface area contributed by atoms with Crippen LogP contribution in [-0.4, -0.2) is 24.5 Å². The third kappa shape index (κ3) is 1.23. The van der Waals surface area contributed by atoms with Gasteiger partial charge in [0.1, 0.15) is 0 Å². The van der Waals surface area contributed by atoms with Crippen LogP contribution in [0, 0.1) is 17.3 Å². The Bertz CT molecular complexity index is 224. The van der Waals surface area contributed by atoms with E-state index >= 15 is 0 Å². The van der Waals surface area contributed by atoms with E-state index in [0.717, 1.165) is 11.8 Å². The second kappa shape index (κ2) is 3.48. The molecule has 0 aromatic heterocycles. The lowest BCUT2D eigenvalue weighted by Crippen LogP contribution is -2.56. The fourth-order valence-electron chi connectivity index (χ4n) is 4.03. The average Bonchev–Trinajstić information content (AvgIpc) is 2.54. The molecule has 84 valence electrons. The molecular formula is C12H24BrN. The third-order valence-corrected chi connectivity index (χ3v) is 5.48. The Morgan fingerprint density at radius 1 is 1.00 bits per heavy atom. The second-order valence-corrected chi connectivity index (χ2v) is 5.97. The molecular weight excluding hydrogens is 238 g/mol. The second-order valence-electron chi connectivity index (χ2n) is 5.97. The van der Waals surface area contributed by atoms with E-state index in [9.17, 15) is 0 Å². The summed E-state index contributed by atoms with van der Waals surface area (Å²) in [5, 5.41) is 0. The molecule has 14 heavy (non-hydrogen) atoms. The summed E-state index contributed by atoms with van der Waals surface area (Å²) in [6.45, 7) is 7.41. The minimum atomic E-state index is 0. The number of rotatable bonds is 1. The summed E-state index contributed by atoms with van der Waals surface area (Å²) in [7, 11) is 4.50. The number of fused-ring (bicyclic) bond motifs is 2. The quantitative estimate of drug-likeness (QED) is 0.700. The maximum Gasteiger partial charge on any atom is 0.0257 e. The molecule has 0 N–H and O–H groups in total. The first-order valence-corrected chi connectivity index (χ1v) is 5.58. The van der Waals surface area contributed by atoms with Crippen molar-refractivity contribution in [1.82, 2.24) is 4.90 Å². The fraction of sp³-hybridized carbons (Fsp3) is 1.00. The number of hydrogen-bond donors (Lipinski definition) is 0. The van der Waals surface area contributed by atoms with Gasteiger partial charge in [-0.15, -0.1) is 17.0 Å². The molecule has 0 heterocycles. The molecule has 2 aliphatic carbocycles. The Labute approximate surface area is 99.0 Å². The van der Waals surface area contributed by atoms with Gasteiger partial charge in [-0.2, -0.15) is 0 Å². The summed E-state index contributed by atoms with van der Waals surface area (Å²) in [5.41, 5.74) is 0.954. The highest BCUT2D eigenvalue weighted by molar-refractivity contribution is 8.93. The van der Waals surface area contributed by atoms with Crippen LogP contribution in [0.15, 0.2) is 0 Å². The molecule has 2 aliphatic rings. The maximum atomic E-state index is 2.47. The lowest BCUT2D eigenvalue weighted by Gasteiger charge is -2.52. The van der Waals surface area contributed by atoms with Crippen molar-refractivity contribution >= 4 is 17.0 Å². The normalized spacial score (nSPS) is 44.1. The van der Waals surface area contributed by atoms with Crippen molar-refractivity contribution in [3.05, 3.63) is 0 Å². The minimum Gasteiger partial charge on any atom is -0.303 e. The van der Waals surface area contributed by atoms with E-state index < -0.39 is 0 Å². The Morgan fingerprint density at radius 3 is 1.79 bits per heavy atom. The Morgan fingerprint density at radius 2 is 1.50 bits per heavy atom. The summed E-state index contributed by atoms with van der Waals surface area (Å²) in [6, 6.07) is 0. The van der Waals surface area contributed by atoms with Gasteiger partial charge in [-0.3, -0.25) is 0 Å². The maximum absolute atomic E-state index is 2.47. The van der Waals surface area contributed by atoms with Crippen LogP contribution in [0.5, 0.6) is 0 Å². The minimum absolute atomic E-state index is 0. The van der Waals surface area contributed by atoms with Gasteiger partial charge in [-0.1, -0.05) is 13.8 Å². The summed E-state index contributed by atoms with van der Waals surface area (Å²) in [6.07, 6.45) is 4.41. The molecule has 0 aliphatic heterocycles. The lowest BCUT2D eigenvalue weighted by molar-refractivity contribution is -0.0155. The van der Waals surface area contributed by atoms with E-state index in [4.69, 9.17) is 0 Å². The Balaban J connectivity index is 0.000000980. The molecule has 3 unspecified atom stereocenters. The first kappa shape index (κ1) is 12.5. The first-order chi connectivity index (χ1) is 5.90. The van der Waals surface area contributed by atoms with Crippen molar-refractivity contribution in [1.29, 1.82) is 0 Å². The molecule has 0 aromatic carbocycles. The Kier molecular flexibility index (Phi) is 3.11. The summed E-state index contributed by atoms with van der Waals surface area (Å²) in [5.74, 6) is 1.92. The monoisotopic (exact) mass is 261 g/mol. The van der Waals surface area contributed by atoms with E-state index in [1.807, 2.05) is 0 Å². The Hall–Kier alpha value is 0.440. The molecule has 0 radical (unpaired) electrons. The highest BCUT2D eigenvalue weighted by Gasteiger charge is 2.61. The van der Waals surface area contributed by atoms with Crippen LogP contribution < -0.4 is 0 Å². The topological polar surface area (TPSA) is 3.24 Å². The van der Waals surface area contributed by atoms with Crippen LogP contribution in [-0.2, 0) is 0 Å². The zero-order valence-electron chi connectivity index (χ0n) is 10.1. The van der Waals surface area contributed by atoms with Crippen LogP contribution in [0.1, 0.15) is 40.0 Å². The zero-order valence-corrected chi connectivity index (χ0v) is 11.8. The molecule has 0 amide bonds. The summed E-state index contributed by atoms with van der Waals surface area (Å²) < 4.78 is 0.